The molecule has 146 valence electrons. The first-order chi connectivity index (χ1) is 13.4. The van der Waals surface area contributed by atoms with Crippen LogP contribution in [-0.2, 0) is 18.4 Å². The van der Waals surface area contributed by atoms with Crippen LogP contribution in [-0.4, -0.2) is 26.4 Å². The number of aromatic nitrogens is 3. The van der Waals surface area contributed by atoms with Gasteiger partial charge in [0.2, 0.25) is 5.91 Å². The van der Waals surface area contributed by atoms with Crippen molar-refractivity contribution in [2.75, 3.05) is 11.1 Å². The molecule has 3 rings (SSSR count). The second-order valence-electron chi connectivity index (χ2n) is 5.64. The Labute approximate surface area is 168 Å². The van der Waals surface area contributed by atoms with Crippen LogP contribution in [0.5, 0.6) is 5.75 Å². The molecule has 0 saturated carbocycles. The number of ether oxygens (including phenoxy) is 1. The molecule has 0 saturated heterocycles. The molecule has 0 aliphatic rings. The van der Waals surface area contributed by atoms with Gasteiger partial charge in [0.1, 0.15) is 24.0 Å². The number of para-hydroxylation sites is 1. The third kappa shape index (κ3) is 4.99. The molecular weight excluding hydrogens is 410 g/mol. The van der Waals surface area contributed by atoms with E-state index in [0.717, 1.165) is 17.8 Å². The van der Waals surface area contributed by atoms with Gasteiger partial charge in [0, 0.05) is 7.05 Å². The van der Waals surface area contributed by atoms with Crippen LogP contribution in [0.15, 0.2) is 47.6 Å². The molecule has 0 radical (unpaired) electrons. The first-order valence-electron chi connectivity index (χ1n) is 8.07. The number of nitrogens with zero attached hydrogens (tertiary/aromatic N) is 3. The zero-order chi connectivity index (χ0) is 20.1. The fraction of sp³-hybridized carbons (Fsp3) is 0.167. The van der Waals surface area contributed by atoms with Crippen molar-refractivity contribution in [3.63, 3.8) is 0 Å². The molecule has 0 aliphatic heterocycles. The van der Waals surface area contributed by atoms with Gasteiger partial charge < -0.3 is 14.6 Å². The van der Waals surface area contributed by atoms with Crippen LogP contribution in [0.4, 0.5) is 14.5 Å². The van der Waals surface area contributed by atoms with Crippen LogP contribution in [0.3, 0.4) is 0 Å². The molecule has 0 bridgehead atoms. The van der Waals surface area contributed by atoms with Gasteiger partial charge in [-0.1, -0.05) is 35.5 Å². The van der Waals surface area contributed by atoms with Crippen LogP contribution in [0, 0.1) is 11.6 Å². The summed E-state index contributed by atoms with van der Waals surface area (Å²) < 4.78 is 33.8. The average molecular weight is 425 g/mol. The number of benzene rings is 2. The molecule has 1 amide bonds. The lowest BCUT2D eigenvalue weighted by atomic mass is 10.3. The van der Waals surface area contributed by atoms with E-state index in [9.17, 15) is 13.6 Å². The Kier molecular flexibility index (Phi) is 6.48. The number of hydrogen-bond donors (Lipinski definition) is 1. The summed E-state index contributed by atoms with van der Waals surface area (Å²) in [6.45, 7) is 0.0663. The fourth-order valence-corrected chi connectivity index (χ4v) is 3.16. The second kappa shape index (κ2) is 9.03. The van der Waals surface area contributed by atoms with Crippen LogP contribution in [0.1, 0.15) is 5.82 Å². The van der Waals surface area contributed by atoms with Gasteiger partial charge in [-0.05, 0) is 30.3 Å². The number of nitrogens with one attached hydrogen (secondary N) is 1. The summed E-state index contributed by atoms with van der Waals surface area (Å²) in [5.41, 5.74) is 0.122. The van der Waals surface area contributed by atoms with Crippen molar-refractivity contribution in [2.45, 2.75) is 11.8 Å². The van der Waals surface area contributed by atoms with Crippen LogP contribution in [0.25, 0.3) is 0 Å². The highest BCUT2D eigenvalue weighted by atomic mass is 35.5. The van der Waals surface area contributed by atoms with E-state index in [2.05, 4.69) is 15.5 Å². The van der Waals surface area contributed by atoms with E-state index in [0.29, 0.717) is 16.7 Å². The molecule has 28 heavy (non-hydrogen) atoms. The molecule has 3 aromatic rings. The van der Waals surface area contributed by atoms with Gasteiger partial charge in [-0.25, -0.2) is 8.78 Å². The summed E-state index contributed by atoms with van der Waals surface area (Å²) in [4.78, 5) is 12.0. The summed E-state index contributed by atoms with van der Waals surface area (Å²) >= 11 is 7.07. The average Bonchev–Trinajstić information content (AvgIpc) is 3.01. The monoisotopic (exact) mass is 424 g/mol. The van der Waals surface area contributed by atoms with Crippen molar-refractivity contribution in [3.8, 4) is 5.75 Å². The molecule has 0 unspecified atom stereocenters. The SMILES string of the molecule is Cn1c(COc2ccc(F)cc2Cl)nnc1SCC(=O)Nc1ccccc1F. The Morgan fingerprint density at radius 2 is 2.04 bits per heavy atom. The number of thioether (sulfide) groups is 1. The minimum Gasteiger partial charge on any atom is -0.484 e. The van der Waals surface area contributed by atoms with Gasteiger partial charge in [-0.15, -0.1) is 10.2 Å². The van der Waals surface area contributed by atoms with E-state index in [4.69, 9.17) is 16.3 Å². The van der Waals surface area contributed by atoms with Gasteiger partial charge in [0.25, 0.3) is 0 Å². The molecule has 0 fully saturated rings. The van der Waals surface area contributed by atoms with Gasteiger partial charge in [0.15, 0.2) is 11.0 Å². The number of anilines is 1. The third-order valence-electron chi connectivity index (χ3n) is 3.66. The lowest BCUT2D eigenvalue weighted by Crippen LogP contribution is -2.15. The zero-order valence-corrected chi connectivity index (χ0v) is 16.2. The maximum absolute atomic E-state index is 13.6. The van der Waals surface area contributed by atoms with Gasteiger partial charge in [-0.3, -0.25) is 4.79 Å². The molecular formula is C18H15ClF2N4O2S. The van der Waals surface area contributed by atoms with E-state index in [1.807, 2.05) is 0 Å². The summed E-state index contributed by atoms with van der Waals surface area (Å²) in [5.74, 6) is -0.469. The Balaban J connectivity index is 1.55. The minimum absolute atomic E-state index is 0.0327. The standard InChI is InChI=1S/C18H15ClF2N4O2S/c1-25-16(9-27-15-7-6-11(20)8-12(15)19)23-24-18(25)28-10-17(26)22-14-5-3-2-4-13(14)21/h2-8H,9-10H2,1H3,(H,22,26). The highest BCUT2D eigenvalue weighted by Gasteiger charge is 2.14. The van der Waals surface area contributed by atoms with E-state index in [1.54, 1.807) is 23.7 Å². The summed E-state index contributed by atoms with van der Waals surface area (Å²) in [7, 11) is 1.72. The molecule has 6 nitrogen and oxygen atoms in total. The number of amides is 1. The molecule has 1 N–H and O–H groups in total. The summed E-state index contributed by atoms with van der Waals surface area (Å²) in [5, 5.41) is 11.2. The Morgan fingerprint density at radius 3 is 2.79 bits per heavy atom. The van der Waals surface area contributed by atoms with Gasteiger partial charge in [-0.2, -0.15) is 0 Å². The van der Waals surface area contributed by atoms with E-state index >= 15 is 0 Å². The number of halogens is 3. The molecule has 1 heterocycles. The van der Waals surface area contributed by atoms with Gasteiger partial charge >= 0.3 is 0 Å². The number of carbonyl (C=O) groups excluding carboxylic acids is 1. The molecule has 0 atom stereocenters. The predicted octanol–water partition coefficient (Wildman–Crippen LogP) is 4.06. The normalized spacial score (nSPS) is 10.7. The fourth-order valence-electron chi connectivity index (χ4n) is 2.21. The lowest BCUT2D eigenvalue weighted by Gasteiger charge is -2.08. The molecule has 2 aromatic carbocycles. The number of rotatable bonds is 7. The molecule has 0 aliphatic carbocycles. The Bertz CT molecular complexity index is 999. The summed E-state index contributed by atoms with van der Waals surface area (Å²) in [6, 6.07) is 9.75. The lowest BCUT2D eigenvalue weighted by molar-refractivity contribution is -0.113. The van der Waals surface area contributed by atoms with Crippen molar-refractivity contribution in [3.05, 3.63) is 64.9 Å². The smallest absolute Gasteiger partial charge is 0.234 e. The highest BCUT2D eigenvalue weighted by Crippen LogP contribution is 2.26. The minimum atomic E-state index is -0.501. The van der Waals surface area contributed by atoms with E-state index in [-0.39, 0.29) is 29.0 Å². The highest BCUT2D eigenvalue weighted by molar-refractivity contribution is 7.99. The molecule has 1 aromatic heterocycles. The Morgan fingerprint density at radius 1 is 1.25 bits per heavy atom. The van der Waals surface area contributed by atoms with E-state index < -0.39 is 11.6 Å². The van der Waals surface area contributed by atoms with Crippen LogP contribution in [0.2, 0.25) is 5.02 Å². The van der Waals surface area contributed by atoms with Crippen LogP contribution >= 0.6 is 23.4 Å². The van der Waals surface area contributed by atoms with Crippen molar-refractivity contribution >= 4 is 35.0 Å². The first kappa shape index (κ1) is 20.1. The van der Waals surface area contributed by atoms with Gasteiger partial charge in [0.05, 0.1) is 16.5 Å². The second-order valence-corrected chi connectivity index (χ2v) is 6.99. The van der Waals surface area contributed by atoms with E-state index in [1.165, 1.54) is 24.3 Å². The van der Waals surface area contributed by atoms with Crippen molar-refractivity contribution < 1.29 is 18.3 Å². The quantitative estimate of drug-likeness (QED) is 0.579. The van der Waals surface area contributed by atoms with Crippen molar-refractivity contribution in [1.29, 1.82) is 0 Å². The number of hydrogen-bond acceptors (Lipinski definition) is 5. The van der Waals surface area contributed by atoms with Crippen molar-refractivity contribution in [2.24, 2.45) is 7.05 Å². The topological polar surface area (TPSA) is 69.0 Å². The first-order valence-corrected chi connectivity index (χ1v) is 9.43. The van der Waals surface area contributed by atoms with Crippen LogP contribution < -0.4 is 10.1 Å². The molecule has 10 heteroatoms. The maximum atomic E-state index is 13.6. The zero-order valence-electron chi connectivity index (χ0n) is 14.7. The number of carbonyl (C=O) groups is 1. The largest absolute Gasteiger partial charge is 0.484 e. The van der Waals surface area contributed by atoms with Crippen molar-refractivity contribution in [1.82, 2.24) is 14.8 Å². The molecule has 0 spiro atoms. The summed E-state index contributed by atoms with van der Waals surface area (Å²) in [6.07, 6.45) is 0. The maximum Gasteiger partial charge on any atom is 0.234 e. The Hall–Kier alpha value is -2.65. The predicted molar refractivity (Wildman–Crippen MR) is 102 cm³/mol. The third-order valence-corrected chi connectivity index (χ3v) is 4.97.